The first-order valence-electron chi connectivity index (χ1n) is 7.58. The van der Waals surface area contributed by atoms with Gasteiger partial charge in [-0.3, -0.25) is 0 Å². The lowest BCUT2D eigenvalue weighted by molar-refractivity contribution is 0.415. The number of H-pyrrole nitrogens is 1. The van der Waals surface area contributed by atoms with E-state index in [9.17, 15) is 0 Å². The highest BCUT2D eigenvalue weighted by Crippen LogP contribution is 2.35. The van der Waals surface area contributed by atoms with Gasteiger partial charge in [0.1, 0.15) is 23.5 Å². The van der Waals surface area contributed by atoms with E-state index in [1.54, 1.807) is 13.4 Å². The summed E-state index contributed by atoms with van der Waals surface area (Å²) in [6, 6.07) is 8.10. The molecule has 5 heteroatoms. The van der Waals surface area contributed by atoms with Crippen molar-refractivity contribution in [3.05, 3.63) is 36.8 Å². The van der Waals surface area contributed by atoms with Gasteiger partial charge in [-0.25, -0.2) is 9.97 Å². The van der Waals surface area contributed by atoms with Crippen molar-refractivity contribution in [1.82, 2.24) is 15.0 Å². The van der Waals surface area contributed by atoms with E-state index in [0.29, 0.717) is 0 Å². The zero-order valence-electron chi connectivity index (χ0n) is 12.5. The molecule has 112 valence electrons. The van der Waals surface area contributed by atoms with Gasteiger partial charge < -0.3 is 14.6 Å². The minimum Gasteiger partial charge on any atom is -0.497 e. The highest BCUT2D eigenvalue weighted by atomic mass is 16.5. The molecule has 4 rings (SSSR count). The molecule has 0 atom stereocenters. The standard InChI is InChI=1S/C17H18N4O/c1-22-13-6-4-5-12(9-13)14-10-18-16-15(14)17(20-11-19-16)21-7-2-3-8-21/h4-6,9-11H,2-3,7-8H2,1H3,(H,18,19,20). The Kier molecular flexibility index (Phi) is 3.18. The van der Waals surface area contributed by atoms with Crippen molar-refractivity contribution in [2.24, 2.45) is 0 Å². The fourth-order valence-corrected chi connectivity index (χ4v) is 3.13. The van der Waals surface area contributed by atoms with Crippen LogP contribution in [0.2, 0.25) is 0 Å². The van der Waals surface area contributed by atoms with Gasteiger partial charge in [0.05, 0.1) is 12.5 Å². The van der Waals surface area contributed by atoms with E-state index in [0.717, 1.165) is 46.8 Å². The number of hydrogen-bond acceptors (Lipinski definition) is 4. The lowest BCUT2D eigenvalue weighted by atomic mass is 10.1. The van der Waals surface area contributed by atoms with Crippen LogP contribution in [0.5, 0.6) is 5.75 Å². The molecule has 22 heavy (non-hydrogen) atoms. The molecule has 0 radical (unpaired) electrons. The highest BCUT2D eigenvalue weighted by molar-refractivity contribution is 6.01. The molecule has 0 unspecified atom stereocenters. The molecular weight excluding hydrogens is 276 g/mol. The van der Waals surface area contributed by atoms with E-state index in [2.05, 4.69) is 25.9 Å². The highest BCUT2D eigenvalue weighted by Gasteiger charge is 2.20. The minimum atomic E-state index is 0.853. The first-order valence-corrected chi connectivity index (χ1v) is 7.58. The summed E-state index contributed by atoms with van der Waals surface area (Å²) in [5, 5.41) is 1.10. The lowest BCUT2D eigenvalue weighted by Crippen LogP contribution is -2.19. The number of hydrogen-bond donors (Lipinski definition) is 1. The van der Waals surface area contributed by atoms with Crippen LogP contribution >= 0.6 is 0 Å². The quantitative estimate of drug-likeness (QED) is 0.805. The summed E-state index contributed by atoms with van der Waals surface area (Å²) in [6.45, 7) is 2.13. The second kappa shape index (κ2) is 5.33. The van der Waals surface area contributed by atoms with Crippen LogP contribution in [0.4, 0.5) is 5.82 Å². The van der Waals surface area contributed by atoms with Crippen LogP contribution in [0.15, 0.2) is 36.8 Å². The Labute approximate surface area is 129 Å². The Morgan fingerprint density at radius 3 is 2.86 bits per heavy atom. The summed E-state index contributed by atoms with van der Waals surface area (Å²) in [4.78, 5) is 14.5. The Bertz CT molecular complexity index is 805. The summed E-state index contributed by atoms with van der Waals surface area (Å²) in [5.74, 6) is 1.88. The number of anilines is 1. The fraction of sp³-hybridized carbons (Fsp3) is 0.294. The van der Waals surface area contributed by atoms with E-state index in [-0.39, 0.29) is 0 Å². The van der Waals surface area contributed by atoms with Gasteiger partial charge in [-0.2, -0.15) is 0 Å². The van der Waals surface area contributed by atoms with Gasteiger partial charge in [0.2, 0.25) is 0 Å². The smallest absolute Gasteiger partial charge is 0.143 e. The van der Waals surface area contributed by atoms with Crippen molar-refractivity contribution in [1.29, 1.82) is 0 Å². The minimum absolute atomic E-state index is 0.853. The van der Waals surface area contributed by atoms with Crippen LogP contribution < -0.4 is 9.64 Å². The van der Waals surface area contributed by atoms with Crippen LogP contribution in [-0.4, -0.2) is 35.2 Å². The van der Waals surface area contributed by atoms with E-state index in [1.807, 2.05) is 24.4 Å². The summed E-state index contributed by atoms with van der Waals surface area (Å²) in [5.41, 5.74) is 3.12. The Balaban J connectivity index is 1.90. The molecule has 3 aromatic rings. The van der Waals surface area contributed by atoms with Gasteiger partial charge in [-0.05, 0) is 30.5 Å². The summed E-state index contributed by atoms with van der Waals surface area (Å²) in [6.07, 6.45) is 6.10. The number of fused-ring (bicyclic) bond motifs is 1. The maximum Gasteiger partial charge on any atom is 0.143 e. The molecule has 0 saturated carbocycles. The molecule has 1 aliphatic heterocycles. The van der Waals surface area contributed by atoms with Gasteiger partial charge in [0, 0.05) is 24.8 Å². The largest absolute Gasteiger partial charge is 0.497 e. The zero-order chi connectivity index (χ0) is 14.9. The topological polar surface area (TPSA) is 54.0 Å². The average Bonchev–Trinajstić information content (AvgIpc) is 3.24. The molecular formula is C17H18N4O. The van der Waals surface area contributed by atoms with Gasteiger partial charge in [-0.1, -0.05) is 12.1 Å². The first-order chi connectivity index (χ1) is 10.9. The molecule has 1 aliphatic rings. The number of ether oxygens (including phenoxy) is 1. The number of nitrogens with one attached hydrogen (secondary N) is 1. The van der Waals surface area contributed by atoms with Crippen LogP contribution in [0.25, 0.3) is 22.2 Å². The van der Waals surface area contributed by atoms with Crippen LogP contribution in [0, 0.1) is 0 Å². The Morgan fingerprint density at radius 2 is 2.05 bits per heavy atom. The monoisotopic (exact) mass is 294 g/mol. The van der Waals surface area contributed by atoms with Crippen molar-refractivity contribution in [2.75, 3.05) is 25.1 Å². The summed E-state index contributed by atoms with van der Waals surface area (Å²) in [7, 11) is 1.69. The molecule has 1 fully saturated rings. The third kappa shape index (κ3) is 2.09. The predicted molar refractivity (Wildman–Crippen MR) is 87.3 cm³/mol. The van der Waals surface area contributed by atoms with Crippen LogP contribution in [0.1, 0.15) is 12.8 Å². The number of aromatic nitrogens is 3. The van der Waals surface area contributed by atoms with Gasteiger partial charge in [-0.15, -0.1) is 0 Å². The average molecular weight is 294 g/mol. The third-order valence-corrected chi connectivity index (χ3v) is 4.24. The van der Waals surface area contributed by atoms with Gasteiger partial charge in [0.25, 0.3) is 0 Å². The van der Waals surface area contributed by atoms with E-state index in [4.69, 9.17) is 4.74 Å². The summed E-state index contributed by atoms with van der Waals surface area (Å²) < 4.78 is 5.34. The number of aromatic amines is 1. The molecule has 0 bridgehead atoms. The van der Waals surface area contributed by atoms with E-state index >= 15 is 0 Å². The Hall–Kier alpha value is -2.56. The van der Waals surface area contributed by atoms with E-state index in [1.165, 1.54) is 12.8 Å². The summed E-state index contributed by atoms with van der Waals surface area (Å²) >= 11 is 0. The number of methoxy groups -OCH3 is 1. The van der Waals surface area contributed by atoms with Crippen molar-refractivity contribution in [2.45, 2.75) is 12.8 Å². The van der Waals surface area contributed by atoms with Crippen LogP contribution in [-0.2, 0) is 0 Å². The van der Waals surface area contributed by atoms with E-state index < -0.39 is 0 Å². The van der Waals surface area contributed by atoms with Crippen molar-refractivity contribution >= 4 is 16.9 Å². The number of benzene rings is 1. The number of rotatable bonds is 3. The molecule has 3 heterocycles. The van der Waals surface area contributed by atoms with Crippen molar-refractivity contribution in [3.63, 3.8) is 0 Å². The maximum atomic E-state index is 5.34. The molecule has 5 nitrogen and oxygen atoms in total. The molecule has 0 spiro atoms. The normalized spacial score (nSPS) is 14.7. The molecule has 1 aromatic carbocycles. The maximum absolute atomic E-state index is 5.34. The van der Waals surface area contributed by atoms with Crippen molar-refractivity contribution in [3.8, 4) is 16.9 Å². The lowest BCUT2D eigenvalue weighted by Gasteiger charge is -2.17. The van der Waals surface area contributed by atoms with Crippen molar-refractivity contribution < 1.29 is 4.74 Å². The Morgan fingerprint density at radius 1 is 1.18 bits per heavy atom. The predicted octanol–water partition coefficient (Wildman–Crippen LogP) is 3.23. The first kappa shape index (κ1) is 13.1. The zero-order valence-corrected chi connectivity index (χ0v) is 12.5. The third-order valence-electron chi connectivity index (χ3n) is 4.24. The fourth-order valence-electron chi connectivity index (χ4n) is 3.13. The molecule has 1 saturated heterocycles. The second-order valence-corrected chi connectivity index (χ2v) is 5.55. The van der Waals surface area contributed by atoms with Gasteiger partial charge in [0.15, 0.2) is 0 Å². The van der Waals surface area contributed by atoms with Gasteiger partial charge >= 0.3 is 0 Å². The molecule has 1 N–H and O–H groups in total. The molecule has 0 amide bonds. The SMILES string of the molecule is COc1cccc(-c2c[nH]c3ncnc(N4CCCC4)c23)c1. The molecule has 2 aromatic heterocycles. The molecule has 0 aliphatic carbocycles. The number of nitrogens with zero attached hydrogens (tertiary/aromatic N) is 3. The van der Waals surface area contributed by atoms with Crippen LogP contribution in [0.3, 0.4) is 0 Å². The second-order valence-electron chi connectivity index (χ2n) is 5.55.